The van der Waals surface area contributed by atoms with Gasteiger partial charge in [0.15, 0.2) is 11.5 Å². The van der Waals surface area contributed by atoms with Crippen LogP contribution >= 0.6 is 55.2 Å². The highest BCUT2D eigenvalue weighted by Crippen LogP contribution is 2.44. The van der Waals surface area contributed by atoms with Crippen molar-refractivity contribution < 1.29 is 19.0 Å². The van der Waals surface area contributed by atoms with Crippen LogP contribution in [0.1, 0.15) is 29.7 Å². The van der Waals surface area contributed by atoms with E-state index in [-0.39, 0.29) is 5.91 Å². The van der Waals surface area contributed by atoms with Gasteiger partial charge in [-0.1, -0.05) is 81.8 Å². The molecule has 0 saturated carbocycles. The number of rotatable bonds is 11. The Bertz CT molecular complexity index is 2020. The van der Waals surface area contributed by atoms with Crippen LogP contribution in [0.15, 0.2) is 110 Å². The molecule has 2 heterocycles. The summed E-state index contributed by atoms with van der Waals surface area (Å²) in [7, 11) is 3.15. The molecule has 0 bridgehead atoms. The first kappa shape index (κ1) is 33.9. The van der Waals surface area contributed by atoms with Crippen molar-refractivity contribution >= 4 is 72.8 Å². The standard InChI is InChI=1S/C35H30Br2ClN5O4S/c1-20-30(33(44)40-27-13-6-7-14-28(27)45-2)31(43-34(39-20)41-35(42-43)48-19-22-10-4-5-12-26(22)38)23-16-25(37)32(29(17-23)46-3)47-18-21-9-8-11-24(36)15-21/h4-17,31H,18-19H2,1-3H3,(H,40,44)(H,39,41,42). The molecule has 6 rings (SSSR count). The Morgan fingerprint density at radius 3 is 2.54 bits per heavy atom. The molecule has 5 aromatic rings. The molecule has 246 valence electrons. The number of nitrogens with one attached hydrogen (secondary N) is 2. The first-order valence-electron chi connectivity index (χ1n) is 14.7. The Labute approximate surface area is 304 Å². The molecule has 0 saturated heterocycles. The van der Waals surface area contributed by atoms with Crippen LogP contribution in [0.3, 0.4) is 0 Å². The van der Waals surface area contributed by atoms with E-state index in [4.69, 9.17) is 35.9 Å². The average molecular weight is 812 g/mol. The molecule has 1 aliphatic heterocycles. The average Bonchev–Trinajstić information content (AvgIpc) is 3.48. The molecular formula is C35H30Br2ClN5O4S. The molecular weight excluding hydrogens is 782 g/mol. The van der Waals surface area contributed by atoms with E-state index in [1.54, 1.807) is 31.0 Å². The summed E-state index contributed by atoms with van der Waals surface area (Å²) in [4.78, 5) is 19.0. The second kappa shape index (κ2) is 15.1. The van der Waals surface area contributed by atoms with Gasteiger partial charge in [0.2, 0.25) is 11.1 Å². The largest absolute Gasteiger partial charge is 0.495 e. The zero-order valence-electron chi connectivity index (χ0n) is 26.1. The minimum absolute atomic E-state index is 0.325. The molecule has 2 N–H and O–H groups in total. The van der Waals surface area contributed by atoms with Crippen LogP contribution in [0.25, 0.3) is 0 Å². The Kier molecular flexibility index (Phi) is 10.6. The van der Waals surface area contributed by atoms with Gasteiger partial charge >= 0.3 is 0 Å². The number of aromatic nitrogens is 3. The maximum Gasteiger partial charge on any atom is 0.255 e. The van der Waals surface area contributed by atoms with Crippen molar-refractivity contribution in [3.8, 4) is 17.2 Å². The summed E-state index contributed by atoms with van der Waals surface area (Å²) < 4.78 is 20.9. The molecule has 4 aromatic carbocycles. The number of para-hydroxylation sites is 2. The van der Waals surface area contributed by atoms with E-state index in [0.717, 1.165) is 21.2 Å². The molecule has 0 fully saturated rings. The molecule has 0 spiro atoms. The lowest BCUT2D eigenvalue weighted by molar-refractivity contribution is -0.113. The smallest absolute Gasteiger partial charge is 0.255 e. The van der Waals surface area contributed by atoms with Crippen LogP contribution in [0.5, 0.6) is 17.2 Å². The van der Waals surface area contributed by atoms with Crippen LogP contribution < -0.4 is 24.8 Å². The molecule has 1 aromatic heterocycles. The zero-order chi connectivity index (χ0) is 33.8. The topological polar surface area (TPSA) is 99.5 Å². The van der Waals surface area contributed by atoms with Gasteiger partial charge in [-0.3, -0.25) is 4.79 Å². The highest BCUT2D eigenvalue weighted by molar-refractivity contribution is 9.10. The minimum Gasteiger partial charge on any atom is -0.495 e. The van der Waals surface area contributed by atoms with Crippen molar-refractivity contribution in [3.63, 3.8) is 0 Å². The van der Waals surface area contributed by atoms with Gasteiger partial charge in [-0.05, 0) is 82.0 Å². The molecule has 0 radical (unpaired) electrons. The molecule has 1 amide bonds. The predicted molar refractivity (Wildman–Crippen MR) is 196 cm³/mol. The number of allylic oxidation sites excluding steroid dienone is 1. The van der Waals surface area contributed by atoms with E-state index in [2.05, 4.69) is 42.5 Å². The van der Waals surface area contributed by atoms with Crippen molar-refractivity contribution in [2.45, 2.75) is 30.5 Å². The number of halogens is 3. The van der Waals surface area contributed by atoms with Crippen LogP contribution in [0, 0.1) is 0 Å². The lowest BCUT2D eigenvalue weighted by atomic mass is 9.94. The normalized spacial score (nSPS) is 13.8. The summed E-state index contributed by atoms with van der Waals surface area (Å²) in [6.07, 6.45) is 0. The van der Waals surface area contributed by atoms with E-state index in [9.17, 15) is 4.79 Å². The van der Waals surface area contributed by atoms with Gasteiger partial charge in [0.05, 0.1) is 30.0 Å². The van der Waals surface area contributed by atoms with Crippen molar-refractivity contribution in [3.05, 3.63) is 127 Å². The maximum atomic E-state index is 14.2. The third kappa shape index (κ3) is 7.36. The first-order chi connectivity index (χ1) is 23.2. The molecule has 0 aliphatic carbocycles. The number of carbonyl (C=O) groups is 1. The lowest BCUT2D eigenvalue weighted by Crippen LogP contribution is -2.31. The molecule has 9 nitrogen and oxygen atoms in total. The second-order valence-electron chi connectivity index (χ2n) is 10.7. The van der Waals surface area contributed by atoms with Gasteiger partial charge in [0.25, 0.3) is 5.91 Å². The summed E-state index contributed by atoms with van der Waals surface area (Å²) >= 11 is 15.1. The van der Waals surface area contributed by atoms with E-state index < -0.39 is 6.04 Å². The summed E-state index contributed by atoms with van der Waals surface area (Å²) in [6, 6.07) is 25.9. The number of ether oxygens (including phenoxy) is 3. The van der Waals surface area contributed by atoms with Gasteiger partial charge in [0.1, 0.15) is 18.4 Å². The van der Waals surface area contributed by atoms with Crippen LogP contribution in [0.4, 0.5) is 11.6 Å². The number of methoxy groups -OCH3 is 2. The fourth-order valence-corrected chi connectivity index (χ4v) is 7.45. The SMILES string of the molecule is COc1ccccc1NC(=O)C1=C(C)Nc2nc(SCc3ccccc3Cl)nn2C1c1cc(Br)c(OCc2cccc(Br)c2)c(OC)c1. The summed E-state index contributed by atoms with van der Waals surface area (Å²) in [5.41, 5.74) is 4.30. The Morgan fingerprint density at radius 1 is 1.00 bits per heavy atom. The van der Waals surface area contributed by atoms with Crippen molar-refractivity contribution in [1.82, 2.24) is 14.8 Å². The number of benzene rings is 4. The van der Waals surface area contributed by atoms with E-state index in [1.165, 1.54) is 11.8 Å². The summed E-state index contributed by atoms with van der Waals surface area (Å²) in [5.74, 6) is 2.31. The number of hydrogen-bond donors (Lipinski definition) is 2. The van der Waals surface area contributed by atoms with Crippen molar-refractivity contribution in [2.24, 2.45) is 0 Å². The van der Waals surface area contributed by atoms with Crippen LogP contribution in [-0.4, -0.2) is 34.9 Å². The van der Waals surface area contributed by atoms with E-state index in [0.29, 0.717) is 67.2 Å². The summed E-state index contributed by atoms with van der Waals surface area (Å²) in [6.45, 7) is 2.17. The minimum atomic E-state index is -0.678. The van der Waals surface area contributed by atoms with Gasteiger partial charge in [-0.2, -0.15) is 4.98 Å². The van der Waals surface area contributed by atoms with Crippen LogP contribution in [0.2, 0.25) is 5.02 Å². The fraction of sp³-hybridized carbons (Fsp3) is 0.171. The first-order valence-corrected chi connectivity index (χ1v) is 17.7. The quantitative estimate of drug-likeness (QED) is 0.128. The van der Waals surface area contributed by atoms with Gasteiger partial charge in [-0.25, -0.2) is 4.68 Å². The zero-order valence-corrected chi connectivity index (χ0v) is 30.8. The highest BCUT2D eigenvalue weighted by atomic mass is 79.9. The molecule has 1 unspecified atom stereocenters. The Balaban J connectivity index is 1.38. The predicted octanol–water partition coefficient (Wildman–Crippen LogP) is 9.27. The molecule has 1 aliphatic rings. The Hall–Kier alpha value is -3.97. The Morgan fingerprint density at radius 2 is 1.77 bits per heavy atom. The number of nitrogens with zero attached hydrogens (tertiary/aromatic N) is 3. The third-order valence-corrected chi connectivity index (χ3v) is 9.92. The van der Waals surface area contributed by atoms with Gasteiger partial charge in [-0.15, -0.1) is 5.10 Å². The number of thioether (sulfide) groups is 1. The maximum absolute atomic E-state index is 14.2. The van der Waals surface area contributed by atoms with E-state index in [1.807, 2.05) is 79.7 Å². The van der Waals surface area contributed by atoms with Crippen molar-refractivity contribution in [2.75, 3.05) is 24.9 Å². The molecule has 48 heavy (non-hydrogen) atoms. The number of carbonyl (C=O) groups excluding carboxylic acids is 1. The molecule has 13 heteroatoms. The second-order valence-corrected chi connectivity index (χ2v) is 13.8. The fourth-order valence-electron chi connectivity index (χ4n) is 5.31. The lowest BCUT2D eigenvalue weighted by Gasteiger charge is -2.29. The van der Waals surface area contributed by atoms with Crippen molar-refractivity contribution in [1.29, 1.82) is 0 Å². The van der Waals surface area contributed by atoms with Gasteiger partial charge in [0, 0.05) is 20.9 Å². The number of amides is 1. The monoisotopic (exact) mass is 809 g/mol. The summed E-state index contributed by atoms with van der Waals surface area (Å²) in [5, 5.41) is 12.4. The molecule has 1 atom stereocenters. The third-order valence-electron chi connectivity index (χ3n) is 7.59. The highest BCUT2D eigenvalue weighted by Gasteiger charge is 2.36. The van der Waals surface area contributed by atoms with Crippen LogP contribution in [-0.2, 0) is 17.2 Å². The van der Waals surface area contributed by atoms with E-state index >= 15 is 0 Å². The number of anilines is 2. The van der Waals surface area contributed by atoms with Gasteiger partial charge < -0.3 is 24.8 Å². The number of fused-ring (bicyclic) bond motifs is 1. The number of hydrogen-bond acceptors (Lipinski definition) is 8.